The maximum atomic E-state index is 6.77. The molecule has 11 aromatic rings. The summed E-state index contributed by atoms with van der Waals surface area (Å²) < 4.78 is 9.32. The van der Waals surface area contributed by atoms with Crippen LogP contribution in [0.2, 0.25) is 0 Å². The van der Waals surface area contributed by atoms with E-state index < -0.39 is 0 Å². The zero-order chi connectivity index (χ0) is 37.7. The van der Waals surface area contributed by atoms with Crippen molar-refractivity contribution < 1.29 is 4.42 Å². The number of hydrogen-bond donors (Lipinski definition) is 0. The van der Waals surface area contributed by atoms with Gasteiger partial charge < -0.3 is 9.32 Å². The standard InChI is InChI=1S/C54H35NOS/c1-4-14-36(15-5-1)40-26-30-46-48-35-42(29-33-51(48)57-52(46)34-40)55(41-27-24-39(25-28-41)44-21-11-10-20-43(44)37-16-6-2-7-17-37)49-32-31-45(38-18-8-3-9-19-38)54-53(49)47-22-12-13-23-50(47)56-54/h1-35H. The molecule has 0 amide bonds. The molecule has 2 aromatic heterocycles. The number of rotatable bonds is 7. The highest BCUT2D eigenvalue weighted by molar-refractivity contribution is 7.25. The second-order valence-electron chi connectivity index (χ2n) is 14.5. The minimum Gasteiger partial charge on any atom is -0.455 e. The highest BCUT2D eigenvalue weighted by Gasteiger charge is 2.23. The number of hydrogen-bond acceptors (Lipinski definition) is 3. The minimum absolute atomic E-state index is 0.874. The molecule has 0 fully saturated rings. The van der Waals surface area contributed by atoms with Gasteiger partial charge in [-0.25, -0.2) is 0 Å². The Hall–Kier alpha value is -7.20. The molecule has 0 spiro atoms. The molecule has 11 rings (SSSR count). The lowest BCUT2D eigenvalue weighted by atomic mass is 9.94. The van der Waals surface area contributed by atoms with Gasteiger partial charge in [0.1, 0.15) is 11.2 Å². The molecule has 0 saturated heterocycles. The molecule has 0 aliphatic carbocycles. The van der Waals surface area contributed by atoms with Crippen molar-refractivity contribution in [2.75, 3.05) is 4.90 Å². The van der Waals surface area contributed by atoms with Crippen molar-refractivity contribution in [1.29, 1.82) is 0 Å². The van der Waals surface area contributed by atoms with Gasteiger partial charge >= 0.3 is 0 Å². The predicted molar refractivity (Wildman–Crippen MR) is 243 cm³/mol. The molecule has 268 valence electrons. The Kier molecular flexibility index (Phi) is 8.04. The fourth-order valence-electron chi connectivity index (χ4n) is 8.38. The number of anilines is 3. The van der Waals surface area contributed by atoms with E-state index in [-0.39, 0.29) is 0 Å². The third kappa shape index (κ3) is 5.80. The zero-order valence-corrected chi connectivity index (χ0v) is 31.8. The summed E-state index contributed by atoms with van der Waals surface area (Å²) in [5.41, 5.74) is 14.5. The van der Waals surface area contributed by atoms with E-state index in [0.717, 1.165) is 50.1 Å². The number of para-hydroxylation sites is 1. The van der Waals surface area contributed by atoms with Crippen LogP contribution in [-0.2, 0) is 0 Å². The lowest BCUT2D eigenvalue weighted by molar-refractivity contribution is 0.670. The largest absolute Gasteiger partial charge is 0.455 e. The van der Waals surface area contributed by atoms with Crippen molar-refractivity contribution in [2.45, 2.75) is 0 Å². The molecule has 0 N–H and O–H groups in total. The van der Waals surface area contributed by atoms with Gasteiger partial charge in [0, 0.05) is 42.5 Å². The van der Waals surface area contributed by atoms with Crippen molar-refractivity contribution in [1.82, 2.24) is 0 Å². The van der Waals surface area contributed by atoms with Gasteiger partial charge in [-0.1, -0.05) is 158 Å². The van der Waals surface area contributed by atoms with Crippen LogP contribution in [0.15, 0.2) is 217 Å². The zero-order valence-electron chi connectivity index (χ0n) is 31.0. The summed E-state index contributed by atoms with van der Waals surface area (Å²) in [5, 5.41) is 4.70. The lowest BCUT2D eigenvalue weighted by Crippen LogP contribution is -2.10. The number of furan rings is 1. The molecule has 2 nitrogen and oxygen atoms in total. The van der Waals surface area contributed by atoms with Gasteiger partial charge in [0.2, 0.25) is 0 Å². The summed E-state index contributed by atoms with van der Waals surface area (Å²) >= 11 is 1.85. The van der Waals surface area contributed by atoms with E-state index in [1.54, 1.807) is 0 Å². The van der Waals surface area contributed by atoms with Crippen LogP contribution in [0.4, 0.5) is 17.1 Å². The first-order chi connectivity index (χ1) is 28.3. The monoisotopic (exact) mass is 745 g/mol. The summed E-state index contributed by atoms with van der Waals surface area (Å²) in [6.45, 7) is 0. The molecule has 57 heavy (non-hydrogen) atoms. The molecular weight excluding hydrogens is 711 g/mol. The molecule has 0 bridgehead atoms. The van der Waals surface area contributed by atoms with Crippen LogP contribution in [0.3, 0.4) is 0 Å². The first-order valence-corrected chi connectivity index (χ1v) is 20.1. The van der Waals surface area contributed by atoms with Gasteiger partial charge in [0.25, 0.3) is 0 Å². The van der Waals surface area contributed by atoms with Crippen LogP contribution < -0.4 is 4.90 Å². The van der Waals surface area contributed by atoms with Crippen molar-refractivity contribution in [3.05, 3.63) is 212 Å². The molecule has 2 heterocycles. The van der Waals surface area contributed by atoms with Gasteiger partial charge in [0.05, 0.1) is 11.1 Å². The Balaban J connectivity index is 1.12. The van der Waals surface area contributed by atoms with Crippen molar-refractivity contribution in [3.8, 4) is 44.5 Å². The van der Waals surface area contributed by atoms with Crippen molar-refractivity contribution in [2.24, 2.45) is 0 Å². The Morgan fingerprint density at radius 2 is 0.930 bits per heavy atom. The van der Waals surface area contributed by atoms with E-state index in [1.807, 2.05) is 11.3 Å². The van der Waals surface area contributed by atoms with Crippen molar-refractivity contribution in [3.63, 3.8) is 0 Å². The van der Waals surface area contributed by atoms with Gasteiger partial charge in [-0.3, -0.25) is 0 Å². The van der Waals surface area contributed by atoms with Gasteiger partial charge in [-0.2, -0.15) is 0 Å². The average Bonchev–Trinajstić information content (AvgIpc) is 3.86. The minimum atomic E-state index is 0.874. The summed E-state index contributed by atoms with van der Waals surface area (Å²) in [6, 6.07) is 76.3. The van der Waals surface area contributed by atoms with Gasteiger partial charge in [-0.15, -0.1) is 11.3 Å². The Morgan fingerprint density at radius 3 is 1.65 bits per heavy atom. The summed E-state index contributed by atoms with van der Waals surface area (Å²) in [5.74, 6) is 0. The third-order valence-corrected chi connectivity index (χ3v) is 12.2. The highest BCUT2D eigenvalue weighted by atomic mass is 32.1. The maximum Gasteiger partial charge on any atom is 0.145 e. The van der Waals surface area contributed by atoms with Gasteiger partial charge in [-0.05, 0) is 93.5 Å². The Morgan fingerprint density at radius 1 is 0.351 bits per heavy atom. The first-order valence-electron chi connectivity index (χ1n) is 19.3. The fraction of sp³-hybridized carbons (Fsp3) is 0. The highest BCUT2D eigenvalue weighted by Crippen LogP contribution is 2.48. The summed E-state index contributed by atoms with van der Waals surface area (Å²) in [6.07, 6.45) is 0. The molecule has 0 aliphatic heterocycles. The SMILES string of the molecule is c1ccc(-c2ccc3c(c2)sc2ccc(N(c4ccc(-c5ccccc5-c5ccccc5)cc4)c4ccc(-c5ccccc5)c5oc6ccccc6c45)cc23)cc1. The van der Waals surface area contributed by atoms with E-state index in [9.17, 15) is 0 Å². The van der Waals surface area contributed by atoms with Gasteiger partial charge in [0.15, 0.2) is 0 Å². The number of nitrogens with zero attached hydrogens (tertiary/aromatic N) is 1. The smallest absolute Gasteiger partial charge is 0.145 e. The molecule has 0 atom stereocenters. The van der Waals surface area contributed by atoms with E-state index >= 15 is 0 Å². The molecule has 0 unspecified atom stereocenters. The van der Waals surface area contributed by atoms with E-state index in [2.05, 4.69) is 217 Å². The molecule has 9 aromatic carbocycles. The normalized spacial score (nSPS) is 11.5. The Bertz CT molecular complexity index is 3220. The maximum absolute atomic E-state index is 6.77. The third-order valence-electron chi connectivity index (χ3n) is 11.1. The average molecular weight is 746 g/mol. The van der Waals surface area contributed by atoms with E-state index in [4.69, 9.17) is 4.42 Å². The second-order valence-corrected chi connectivity index (χ2v) is 15.5. The molecule has 0 saturated carbocycles. The van der Waals surface area contributed by atoms with E-state index in [1.165, 1.54) is 53.6 Å². The van der Waals surface area contributed by atoms with Crippen LogP contribution in [-0.4, -0.2) is 0 Å². The summed E-state index contributed by atoms with van der Waals surface area (Å²) in [4.78, 5) is 2.41. The van der Waals surface area contributed by atoms with E-state index in [0.29, 0.717) is 0 Å². The number of fused-ring (bicyclic) bond motifs is 6. The van der Waals surface area contributed by atoms with Crippen LogP contribution in [0, 0.1) is 0 Å². The second kappa shape index (κ2) is 13.8. The molecule has 0 aliphatic rings. The van der Waals surface area contributed by atoms with Crippen LogP contribution in [0.1, 0.15) is 0 Å². The molecule has 3 heteroatoms. The topological polar surface area (TPSA) is 16.4 Å². The molecular formula is C54H35NOS. The fourth-order valence-corrected chi connectivity index (χ4v) is 9.50. The van der Waals surface area contributed by atoms with Crippen LogP contribution in [0.25, 0.3) is 86.6 Å². The number of thiophene rings is 1. The van der Waals surface area contributed by atoms with Crippen molar-refractivity contribution >= 4 is 70.5 Å². The quantitative estimate of drug-likeness (QED) is 0.162. The van der Waals surface area contributed by atoms with Crippen LogP contribution in [0.5, 0.6) is 0 Å². The Labute approximate surface area is 335 Å². The predicted octanol–water partition coefficient (Wildman–Crippen LogP) is 16.1. The molecule has 0 radical (unpaired) electrons. The lowest BCUT2D eigenvalue weighted by Gasteiger charge is -2.27. The first kappa shape index (κ1) is 33.2. The number of benzene rings is 9. The van der Waals surface area contributed by atoms with Crippen LogP contribution >= 0.6 is 11.3 Å². The summed E-state index contributed by atoms with van der Waals surface area (Å²) in [7, 11) is 0.